The Morgan fingerprint density at radius 2 is 1.95 bits per heavy atom. The number of nitriles is 1. The van der Waals surface area contributed by atoms with Crippen LogP contribution in [0.25, 0.3) is 0 Å². The molecule has 5 rings (SSSR count). The number of alkyl halides is 3. The molecule has 11 nitrogen and oxygen atoms in total. The van der Waals surface area contributed by atoms with Gasteiger partial charge in [0, 0.05) is 29.8 Å². The number of quaternary nitrogens is 1. The number of likely N-dealkylation sites (tertiary alicyclic amines) is 1. The van der Waals surface area contributed by atoms with Gasteiger partial charge in [0.2, 0.25) is 5.95 Å². The maximum atomic E-state index is 13.6. The van der Waals surface area contributed by atoms with Gasteiger partial charge in [0.25, 0.3) is 6.47 Å². The molecule has 1 aromatic heterocycles. The minimum Gasteiger partial charge on any atom is -0.466 e. The molecule has 1 atom stereocenters. The summed E-state index contributed by atoms with van der Waals surface area (Å²) in [6, 6.07) is 10.5. The third-order valence-corrected chi connectivity index (χ3v) is 8.33. The van der Waals surface area contributed by atoms with Gasteiger partial charge in [-0.1, -0.05) is 12.1 Å². The van der Waals surface area contributed by atoms with E-state index in [0.29, 0.717) is 60.1 Å². The molecule has 2 aliphatic rings. The quantitative estimate of drug-likeness (QED) is 0.242. The van der Waals surface area contributed by atoms with Crippen LogP contribution < -0.4 is 10.6 Å². The molecule has 0 spiro atoms. The van der Waals surface area contributed by atoms with E-state index < -0.39 is 29.4 Å². The summed E-state index contributed by atoms with van der Waals surface area (Å²) in [5.74, 6) is -0.808. The molecule has 0 aliphatic carbocycles. The van der Waals surface area contributed by atoms with Gasteiger partial charge < -0.3 is 14.0 Å². The highest BCUT2D eigenvalue weighted by Crippen LogP contribution is 2.44. The number of nitrogens with one attached hydrogen (secondary N) is 1. The number of nitrogens with zero attached hydrogens (tertiary/aromatic N) is 5. The molecule has 0 bridgehead atoms. The maximum Gasteiger partial charge on any atom is 0.416 e. The zero-order chi connectivity index (χ0) is 31.8. The lowest BCUT2D eigenvalue weighted by Crippen LogP contribution is -2.50. The van der Waals surface area contributed by atoms with E-state index in [4.69, 9.17) is 9.47 Å². The molecule has 0 amide bonds. The van der Waals surface area contributed by atoms with Crippen molar-refractivity contribution in [3.63, 3.8) is 0 Å². The van der Waals surface area contributed by atoms with Crippen LogP contribution in [0.4, 0.5) is 24.8 Å². The number of fused-ring (bicyclic) bond motifs is 1. The van der Waals surface area contributed by atoms with E-state index in [0.717, 1.165) is 12.1 Å². The van der Waals surface area contributed by atoms with Gasteiger partial charge in [-0.2, -0.15) is 18.4 Å². The summed E-state index contributed by atoms with van der Waals surface area (Å²) >= 11 is 0. The number of esters is 1. The minimum atomic E-state index is -4.63. The highest BCUT2D eigenvalue weighted by molar-refractivity contribution is 5.93. The molecule has 3 heterocycles. The molecule has 3 aromatic rings. The molecule has 1 N–H and O–H groups in total. The van der Waals surface area contributed by atoms with Crippen LogP contribution >= 0.6 is 0 Å². The van der Waals surface area contributed by atoms with Crippen LogP contribution in [-0.2, 0) is 31.8 Å². The Morgan fingerprint density at radius 3 is 2.59 bits per heavy atom. The Hall–Kier alpha value is -4.90. The maximum absolute atomic E-state index is 13.6. The van der Waals surface area contributed by atoms with Crippen LogP contribution in [0.3, 0.4) is 0 Å². The number of carbonyl (C=O) groups excluding carboxylic acids is 2. The fourth-order valence-corrected chi connectivity index (χ4v) is 6.11. The number of allylic oxidation sites excluding steroid dienone is 1. The van der Waals surface area contributed by atoms with Crippen LogP contribution in [0.2, 0.25) is 0 Å². The third kappa shape index (κ3) is 5.58. The average molecular weight is 612 g/mol. The van der Waals surface area contributed by atoms with Crippen LogP contribution in [0.1, 0.15) is 48.1 Å². The summed E-state index contributed by atoms with van der Waals surface area (Å²) in [6.45, 7) is 3.75. The van der Waals surface area contributed by atoms with Crippen molar-refractivity contribution in [3.05, 3.63) is 86.5 Å². The summed E-state index contributed by atoms with van der Waals surface area (Å²) in [7, 11) is 3.22. The van der Waals surface area contributed by atoms with Gasteiger partial charge in [-0.15, -0.1) is 5.10 Å². The number of aromatic amines is 1. The number of methoxy groups -OCH3 is 1. The molecular weight excluding hydrogens is 581 g/mol. The molecule has 14 heteroatoms. The van der Waals surface area contributed by atoms with Crippen LogP contribution in [-0.4, -0.2) is 65.0 Å². The molecule has 44 heavy (non-hydrogen) atoms. The second-order valence-corrected chi connectivity index (χ2v) is 11.2. The lowest BCUT2D eigenvalue weighted by Gasteiger charge is -2.41. The number of ether oxygens (including phenoxy) is 2. The number of benzene rings is 2. The number of H-pyrrole nitrogens is 1. The molecule has 0 saturated carbocycles. The molecular formula is C30H30F3N6O5+. The first-order chi connectivity index (χ1) is 20.9. The summed E-state index contributed by atoms with van der Waals surface area (Å²) in [5.41, 5.74) is 0.255. The first-order valence-corrected chi connectivity index (χ1v) is 13.8. The molecule has 1 fully saturated rings. The highest BCUT2D eigenvalue weighted by atomic mass is 19.4. The number of hydrogen-bond acceptors (Lipinski definition) is 8. The van der Waals surface area contributed by atoms with Crippen molar-refractivity contribution < 1.29 is 36.7 Å². The van der Waals surface area contributed by atoms with E-state index in [1.807, 2.05) is 7.05 Å². The molecule has 2 aromatic carbocycles. The number of piperidine rings is 1. The number of aromatic nitrogens is 3. The van der Waals surface area contributed by atoms with E-state index in [-0.39, 0.29) is 29.0 Å². The van der Waals surface area contributed by atoms with E-state index in [2.05, 4.69) is 16.3 Å². The summed E-state index contributed by atoms with van der Waals surface area (Å²) < 4.78 is 53.0. The van der Waals surface area contributed by atoms with Crippen molar-refractivity contribution in [2.75, 3.05) is 32.1 Å². The number of hydrogen-bond donors (Lipinski definition) is 1. The predicted octanol–water partition coefficient (Wildman–Crippen LogP) is 3.93. The predicted molar refractivity (Wildman–Crippen MR) is 150 cm³/mol. The van der Waals surface area contributed by atoms with Gasteiger partial charge in [0.15, 0.2) is 0 Å². The first-order valence-electron chi connectivity index (χ1n) is 13.8. The molecule has 1 saturated heterocycles. The van der Waals surface area contributed by atoms with Crippen molar-refractivity contribution >= 4 is 24.1 Å². The topological polar surface area (TPSA) is 130 Å². The highest BCUT2D eigenvalue weighted by Gasteiger charge is 2.42. The minimum absolute atomic E-state index is 0.0209. The monoisotopic (exact) mass is 611 g/mol. The van der Waals surface area contributed by atoms with Gasteiger partial charge >= 0.3 is 17.8 Å². The smallest absolute Gasteiger partial charge is 0.416 e. The molecule has 0 radical (unpaired) electrons. The Bertz CT molecular complexity index is 1730. The van der Waals surface area contributed by atoms with Gasteiger partial charge in [0.05, 0.1) is 50.0 Å². The van der Waals surface area contributed by atoms with E-state index in [9.17, 15) is 32.8 Å². The zero-order valence-electron chi connectivity index (χ0n) is 24.2. The lowest BCUT2D eigenvalue weighted by atomic mass is 9.89. The van der Waals surface area contributed by atoms with Gasteiger partial charge in [0.1, 0.15) is 18.7 Å². The van der Waals surface area contributed by atoms with Crippen molar-refractivity contribution in [1.29, 1.82) is 5.26 Å². The Kier molecular flexibility index (Phi) is 8.09. The average Bonchev–Trinajstić information content (AvgIpc) is 3.37. The molecule has 230 valence electrons. The SMILES string of the molecule is COC(=O)C1=C(C)N(c2cccc(C(F)(F)F)c2)c2n[nH]c(=O)n2[C@@H]1c1ccc(C#N)cc1C[N+]1(C)CCC(OC=O)CC1. The van der Waals surface area contributed by atoms with Crippen molar-refractivity contribution in [1.82, 2.24) is 14.8 Å². The lowest BCUT2D eigenvalue weighted by molar-refractivity contribution is -0.927. The summed E-state index contributed by atoms with van der Waals surface area (Å²) in [4.78, 5) is 39.0. The standard InChI is InChI=1S/C30H29F3N6O5/c1-18-25(27(41)43-3)26(38-28(35-36-29(38)42)37(18)22-6-4-5-21(14-22)30(31,32)33)24-8-7-19(15-34)13-20(24)16-39(2)11-9-23(10-12-39)44-17-40/h4-8,13-14,17,23,26H,9-12,16H2,1-3H3/p+1/t23?,26-,39?/m1/s1. The Morgan fingerprint density at radius 1 is 1.23 bits per heavy atom. The molecule has 2 aliphatic heterocycles. The van der Waals surface area contributed by atoms with Gasteiger partial charge in [-0.25, -0.2) is 19.3 Å². The fourth-order valence-electron chi connectivity index (χ4n) is 6.11. The van der Waals surface area contributed by atoms with Crippen molar-refractivity contribution in [2.45, 2.75) is 44.6 Å². The van der Waals surface area contributed by atoms with E-state index >= 15 is 0 Å². The molecule has 0 unspecified atom stereocenters. The number of anilines is 2. The second kappa shape index (κ2) is 11.6. The van der Waals surface area contributed by atoms with E-state index in [1.165, 1.54) is 28.7 Å². The summed E-state index contributed by atoms with van der Waals surface area (Å²) in [6.07, 6.45) is -3.55. The van der Waals surface area contributed by atoms with Crippen molar-refractivity contribution in [2.24, 2.45) is 0 Å². The van der Waals surface area contributed by atoms with Crippen LogP contribution in [0.5, 0.6) is 0 Å². The fraction of sp³-hybridized carbons (Fsp3) is 0.367. The second-order valence-electron chi connectivity index (χ2n) is 11.2. The summed E-state index contributed by atoms with van der Waals surface area (Å²) in [5, 5.41) is 16.3. The third-order valence-electron chi connectivity index (χ3n) is 8.33. The van der Waals surface area contributed by atoms with Gasteiger partial charge in [-0.3, -0.25) is 9.69 Å². The van der Waals surface area contributed by atoms with E-state index in [1.54, 1.807) is 25.1 Å². The first kappa shape index (κ1) is 30.6. The van der Waals surface area contributed by atoms with Gasteiger partial charge in [-0.05, 0) is 42.8 Å². The van der Waals surface area contributed by atoms with Crippen LogP contribution in [0, 0.1) is 11.3 Å². The van der Waals surface area contributed by atoms with Crippen LogP contribution in [0.15, 0.2) is 58.5 Å². The number of carbonyl (C=O) groups is 2. The van der Waals surface area contributed by atoms with Crippen molar-refractivity contribution in [3.8, 4) is 6.07 Å². The Balaban J connectivity index is 1.68. The number of rotatable bonds is 7. The Labute approximate surface area is 250 Å². The largest absolute Gasteiger partial charge is 0.466 e. The normalized spacial score (nSPS) is 21.8. The zero-order valence-corrected chi connectivity index (χ0v) is 24.2. The number of halogens is 3.